The number of carbonyl (C=O) groups excluding carboxylic acids is 1. The van der Waals surface area contributed by atoms with Gasteiger partial charge in [0.05, 0.1) is 6.26 Å². The number of nitrogens with zero attached hydrogens (tertiary/aromatic N) is 3. The fourth-order valence-electron chi connectivity index (χ4n) is 2.63. The van der Waals surface area contributed by atoms with Crippen LogP contribution >= 0.6 is 11.3 Å². The molecule has 7 nitrogen and oxygen atoms in total. The fourth-order valence-corrected chi connectivity index (χ4v) is 3.49. The van der Waals surface area contributed by atoms with Crippen LogP contribution in [0.15, 0.2) is 51.7 Å². The molecular weight excluding hydrogens is 402 g/mol. The van der Waals surface area contributed by atoms with Crippen molar-refractivity contribution in [2.24, 2.45) is 0 Å². The second-order valence-electron chi connectivity index (χ2n) is 6.12. The van der Waals surface area contributed by atoms with Crippen molar-refractivity contribution < 1.29 is 22.5 Å². The van der Waals surface area contributed by atoms with E-state index in [1.165, 1.54) is 29.7 Å². The first kappa shape index (κ1) is 18.9. The van der Waals surface area contributed by atoms with E-state index in [2.05, 4.69) is 20.4 Å². The Hall–Kier alpha value is -3.40. The number of halogens is 2. The number of nitrogens with one attached hydrogen (secondary N) is 1. The summed E-state index contributed by atoms with van der Waals surface area (Å²) in [6, 6.07) is 6.78. The third-order valence-corrected chi connectivity index (χ3v) is 4.79. The quantitative estimate of drug-likeness (QED) is 0.485. The van der Waals surface area contributed by atoms with Crippen LogP contribution in [-0.2, 0) is 17.6 Å². The van der Waals surface area contributed by atoms with Gasteiger partial charge in [-0.05, 0) is 29.8 Å². The molecule has 3 heterocycles. The summed E-state index contributed by atoms with van der Waals surface area (Å²) in [6.45, 7) is 0. The molecule has 1 amide bonds. The summed E-state index contributed by atoms with van der Waals surface area (Å²) in [5.74, 6) is -0.398. The van der Waals surface area contributed by atoms with Crippen LogP contribution in [0.1, 0.15) is 22.8 Å². The molecule has 29 heavy (non-hydrogen) atoms. The predicted molar refractivity (Wildman–Crippen MR) is 100 cm³/mol. The van der Waals surface area contributed by atoms with Crippen LogP contribution in [0.25, 0.3) is 11.6 Å². The van der Waals surface area contributed by atoms with Crippen LogP contribution in [0.5, 0.6) is 0 Å². The van der Waals surface area contributed by atoms with Gasteiger partial charge in [0.15, 0.2) is 10.9 Å². The second kappa shape index (κ2) is 8.31. The Morgan fingerprint density at radius 3 is 2.79 bits per heavy atom. The fraction of sp³-hybridized carbons (Fsp3) is 0.158. The Labute approximate surface area is 167 Å². The molecule has 0 fully saturated rings. The topological polar surface area (TPSA) is 94.0 Å². The molecule has 0 aliphatic heterocycles. The van der Waals surface area contributed by atoms with Crippen molar-refractivity contribution in [3.05, 3.63) is 70.8 Å². The van der Waals surface area contributed by atoms with Crippen molar-refractivity contribution in [1.29, 1.82) is 0 Å². The molecule has 4 rings (SSSR count). The summed E-state index contributed by atoms with van der Waals surface area (Å²) in [4.78, 5) is 21.2. The molecule has 0 unspecified atom stereocenters. The van der Waals surface area contributed by atoms with Gasteiger partial charge >= 0.3 is 0 Å². The first-order valence-corrected chi connectivity index (χ1v) is 9.43. The highest BCUT2D eigenvalue weighted by Crippen LogP contribution is 2.22. The van der Waals surface area contributed by atoms with Crippen LogP contribution in [0.3, 0.4) is 0 Å². The SMILES string of the molecule is O=C(CCc1nc(-c2ccco2)no1)Nc1ncc(Cc2cc(F)cc(F)c2)s1. The van der Waals surface area contributed by atoms with Gasteiger partial charge in [0.2, 0.25) is 17.6 Å². The molecule has 10 heteroatoms. The zero-order valence-corrected chi connectivity index (χ0v) is 15.7. The Morgan fingerprint density at radius 2 is 2.03 bits per heavy atom. The largest absolute Gasteiger partial charge is 0.461 e. The Balaban J connectivity index is 1.30. The zero-order chi connectivity index (χ0) is 20.2. The van der Waals surface area contributed by atoms with Crippen LogP contribution in [0.4, 0.5) is 13.9 Å². The van der Waals surface area contributed by atoms with Gasteiger partial charge < -0.3 is 14.3 Å². The van der Waals surface area contributed by atoms with Crippen molar-refractivity contribution >= 4 is 22.4 Å². The van der Waals surface area contributed by atoms with Crippen molar-refractivity contribution in [2.45, 2.75) is 19.3 Å². The Kier molecular flexibility index (Phi) is 5.43. The number of benzene rings is 1. The number of rotatable bonds is 7. The van der Waals surface area contributed by atoms with Crippen LogP contribution in [0, 0.1) is 11.6 Å². The molecule has 0 saturated heterocycles. The number of hydrogen-bond acceptors (Lipinski definition) is 7. The van der Waals surface area contributed by atoms with Gasteiger partial charge in [-0.1, -0.05) is 5.16 Å². The van der Waals surface area contributed by atoms with E-state index in [0.717, 1.165) is 10.9 Å². The van der Waals surface area contributed by atoms with E-state index in [9.17, 15) is 13.6 Å². The lowest BCUT2D eigenvalue weighted by Gasteiger charge is -2.00. The molecule has 0 saturated carbocycles. The number of carbonyl (C=O) groups is 1. The maximum Gasteiger partial charge on any atom is 0.238 e. The highest BCUT2D eigenvalue weighted by molar-refractivity contribution is 7.15. The van der Waals surface area contributed by atoms with Gasteiger partial charge in [0.25, 0.3) is 0 Å². The zero-order valence-electron chi connectivity index (χ0n) is 14.9. The predicted octanol–water partition coefficient (Wildman–Crippen LogP) is 4.23. The molecule has 1 N–H and O–H groups in total. The highest BCUT2D eigenvalue weighted by atomic mass is 32.1. The molecule has 0 aliphatic rings. The standard InChI is InChI=1S/C19H14F2N4O3S/c20-12-6-11(7-13(21)9-12)8-14-10-22-19(29-14)23-16(26)3-4-17-24-18(25-28-17)15-2-1-5-27-15/h1-2,5-7,9-10H,3-4,8H2,(H,22,23,26). The second-order valence-corrected chi connectivity index (χ2v) is 7.24. The Bertz CT molecular complexity index is 1100. The number of anilines is 1. The number of hydrogen-bond donors (Lipinski definition) is 1. The number of amides is 1. The van der Waals surface area contributed by atoms with Gasteiger partial charge in [-0.3, -0.25) is 4.79 Å². The molecule has 4 aromatic rings. The summed E-state index contributed by atoms with van der Waals surface area (Å²) < 4.78 is 36.9. The van der Waals surface area contributed by atoms with Gasteiger partial charge in [0, 0.05) is 36.4 Å². The lowest BCUT2D eigenvalue weighted by atomic mass is 10.1. The first-order chi connectivity index (χ1) is 14.0. The van der Waals surface area contributed by atoms with Gasteiger partial charge in [-0.25, -0.2) is 13.8 Å². The van der Waals surface area contributed by atoms with Crippen LogP contribution < -0.4 is 5.32 Å². The summed E-state index contributed by atoms with van der Waals surface area (Å²) in [7, 11) is 0. The van der Waals surface area contributed by atoms with Gasteiger partial charge in [-0.15, -0.1) is 11.3 Å². The van der Waals surface area contributed by atoms with Crippen molar-refractivity contribution in [2.75, 3.05) is 5.32 Å². The number of aromatic nitrogens is 3. The third-order valence-electron chi connectivity index (χ3n) is 3.88. The van der Waals surface area contributed by atoms with E-state index in [-0.39, 0.29) is 18.7 Å². The van der Waals surface area contributed by atoms with Crippen molar-refractivity contribution in [1.82, 2.24) is 15.1 Å². The van der Waals surface area contributed by atoms with Gasteiger partial charge in [-0.2, -0.15) is 4.98 Å². The summed E-state index contributed by atoms with van der Waals surface area (Å²) in [5, 5.41) is 6.89. The van der Waals surface area contributed by atoms with Crippen LogP contribution in [0.2, 0.25) is 0 Å². The molecule has 0 bridgehead atoms. The minimum absolute atomic E-state index is 0.129. The molecule has 3 aromatic heterocycles. The molecule has 0 radical (unpaired) electrons. The highest BCUT2D eigenvalue weighted by Gasteiger charge is 2.13. The first-order valence-electron chi connectivity index (χ1n) is 8.61. The van der Waals surface area contributed by atoms with Crippen molar-refractivity contribution in [3.63, 3.8) is 0 Å². The maximum absolute atomic E-state index is 13.3. The third kappa shape index (κ3) is 4.91. The van der Waals surface area contributed by atoms with E-state index in [1.54, 1.807) is 18.3 Å². The van der Waals surface area contributed by atoms with Gasteiger partial charge in [0.1, 0.15) is 11.6 Å². The normalized spacial score (nSPS) is 11.0. The minimum Gasteiger partial charge on any atom is -0.461 e. The van der Waals surface area contributed by atoms with E-state index >= 15 is 0 Å². The van der Waals surface area contributed by atoms with E-state index in [0.29, 0.717) is 34.6 Å². The molecule has 0 spiro atoms. The average molecular weight is 416 g/mol. The summed E-state index contributed by atoms with van der Waals surface area (Å²) in [5.41, 5.74) is 0.493. The monoisotopic (exact) mass is 416 g/mol. The Morgan fingerprint density at radius 1 is 1.21 bits per heavy atom. The van der Waals surface area contributed by atoms with Crippen LogP contribution in [-0.4, -0.2) is 21.0 Å². The molecule has 1 aromatic carbocycles. The van der Waals surface area contributed by atoms with E-state index < -0.39 is 11.6 Å². The summed E-state index contributed by atoms with van der Waals surface area (Å²) >= 11 is 1.24. The molecule has 148 valence electrons. The molecular formula is C19H14F2N4O3S. The molecule has 0 aliphatic carbocycles. The van der Waals surface area contributed by atoms with E-state index in [1.807, 2.05) is 0 Å². The van der Waals surface area contributed by atoms with Crippen molar-refractivity contribution in [3.8, 4) is 11.6 Å². The van der Waals surface area contributed by atoms with E-state index in [4.69, 9.17) is 8.94 Å². The lowest BCUT2D eigenvalue weighted by molar-refractivity contribution is -0.116. The number of furan rings is 1. The lowest BCUT2D eigenvalue weighted by Crippen LogP contribution is -2.12. The minimum atomic E-state index is -0.630. The summed E-state index contributed by atoms with van der Waals surface area (Å²) in [6.07, 6.45) is 3.78. The number of thiazole rings is 1. The average Bonchev–Trinajstić information content (AvgIpc) is 3.41. The number of aryl methyl sites for hydroxylation is 1. The molecule has 0 atom stereocenters. The smallest absolute Gasteiger partial charge is 0.238 e. The maximum atomic E-state index is 13.3.